The van der Waals surface area contributed by atoms with Gasteiger partial charge in [0.2, 0.25) is 0 Å². The molecule has 176 valence electrons. The molecule has 1 aromatic carbocycles. The van der Waals surface area contributed by atoms with Crippen LogP contribution < -0.4 is 5.73 Å². The Morgan fingerprint density at radius 3 is 1.37 bits per heavy atom. The molecule has 0 saturated carbocycles. The van der Waals surface area contributed by atoms with Crippen LogP contribution in [0.25, 0.3) is 0 Å². The molecule has 1 atom stereocenters. The van der Waals surface area contributed by atoms with E-state index in [0.717, 1.165) is 0 Å². The maximum absolute atomic E-state index is 6.48. The minimum absolute atomic E-state index is 0. The van der Waals surface area contributed by atoms with Crippen molar-refractivity contribution in [2.75, 3.05) is 0 Å². The summed E-state index contributed by atoms with van der Waals surface area (Å²) in [6.07, 6.45) is 24.0. The van der Waals surface area contributed by atoms with E-state index < -0.39 is 0 Å². The zero-order chi connectivity index (χ0) is 21.2. The molecule has 0 fully saturated rings. The molecular formula is C28H53NO. The molecule has 0 heterocycles. The van der Waals surface area contributed by atoms with E-state index in [1.165, 1.54) is 115 Å². The predicted molar refractivity (Wildman–Crippen MR) is 135 cm³/mol. The van der Waals surface area contributed by atoms with Crippen molar-refractivity contribution in [2.45, 2.75) is 141 Å². The van der Waals surface area contributed by atoms with Gasteiger partial charge in [-0.3, -0.25) is 0 Å². The smallest absolute Gasteiger partial charge is 0.0166 e. The summed E-state index contributed by atoms with van der Waals surface area (Å²) in [4.78, 5) is 0. The van der Waals surface area contributed by atoms with Crippen LogP contribution in [-0.4, -0.2) is 11.0 Å². The summed E-state index contributed by atoms with van der Waals surface area (Å²) in [7, 11) is 0. The third-order valence-corrected chi connectivity index (χ3v) is 6.45. The highest BCUT2D eigenvalue weighted by atomic mass is 16.0. The van der Waals surface area contributed by atoms with Crippen LogP contribution in [-0.2, 0) is 0 Å². The average molecular weight is 420 g/mol. The van der Waals surface area contributed by atoms with Crippen LogP contribution >= 0.6 is 0 Å². The Labute approximate surface area is 188 Å². The van der Waals surface area contributed by atoms with Gasteiger partial charge in [-0.2, -0.15) is 0 Å². The second kappa shape index (κ2) is 18.9. The van der Waals surface area contributed by atoms with Gasteiger partial charge in [0.15, 0.2) is 0 Å². The van der Waals surface area contributed by atoms with Crippen LogP contribution in [0.15, 0.2) is 30.3 Å². The second-order valence-corrected chi connectivity index (χ2v) is 9.88. The predicted octanol–water partition coefficient (Wildman–Crippen LogP) is 8.33. The van der Waals surface area contributed by atoms with Crippen LogP contribution in [0.2, 0.25) is 0 Å². The minimum atomic E-state index is -0.142. The molecule has 0 radical (unpaired) electrons. The van der Waals surface area contributed by atoms with Gasteiger partial charge < -0.3 is 11.2 Å². The third kappa shape index (κ3) is 15.0. The molecule has 2 nitrogen and oxygen atoms in total. The first kappa shape index (κ1) is 29.1. The zero-order valence-corrected chi connectivity index (χ0v) is 20.6. The lowest BCUT2D eigenvalue weighted by molar-refractivity contribution is 0.376. The Bertz CT molecular complexity index is 465. The van der Waals surface area contributed by atoms with Gasteiger partial charge in [0, 0.05) is 11.5 Å². The topological polar surface area (TPSA) is 57.5 Å². The molecule has 30 heavy (non-hydrogen) atoms. The van der Waals surface area contributed by atoms with Gasteiger partial charge in [0.25, 0.3) is 0 Å². The lowest BCUT2D eigenvalue weighted by Gasteiger charge is -2.31. The number of nitrogens with two attached hydrogens (primary N) is 1. The Morgan fingerprint density at radius 1 is 0.633 bits per heavy atom. The van der Waals surface area contributed by atoms with Gasteiger partial charge in [-0.25, -0.2) is 0 Å². The van der Waals surface area contributed by atoms with Crippen LogP contribution in [0.3, 0.4) is 0 Å². The van der Waals surface area contributed by atoms with E-state index >= 15 is 0 Å². The lowest BCUT2D eigenvalue weighted by Crippen LogP contribution is -2.39. The fraction of sp³-hybridized carbons (Fsp3) is 0.786. The summed E-state index contributed by atoms with van der Waals surface area (Å²) in [5.74, 6) is 0.468. The molecule has 4 N–H and O–H groups in total. The van der Waals surface area contributed by atoms with Crippen LogP contribution in [0.1, 0.15) is 141 Å². The van der Waals surface area contributed by atoms with Crippen LogP contribution in [0.5, 0.6) is 0 Å². The van der Waals surface area contributed by atoms with Gasteiger partial charge in [-0.1, -0.05) is 140 Å². The molecule has 0 saturated heterocycles. The summed E-state index contributed by atoms with van der Waals surface area (Å²) >= 11 is 0. The number of hydrogen-bond acceptors (Lipinski definition) is 1. The highest BCUT2D eigenvalue weighted by molar-refractivity contribution is 5.22. The molecule has 0 aromatic heterocycles. The molecule has 0 amide bonds. The van der Waals surface area contributed by atoms with Crippen molar-refractivity contribution in [2.24, 2.45) is 5.73 Å². The maximum Gasteiger partial charge on any atom is 0.0166 e. The lowest BCUT2D eigenvalue weighted by atomic mass is 9.79. The van der Waals surface area contributed by atoms with E-state index in [2.05, 4.69) is 51.1 Å². The molecule has 2 heteroatoms. The Hall–Kier alpha value is -0.860. The fourth-order valence-corrected chi connectivity index (χ4v) is 4.55. The first-order valence-corrected chi connectivity index (χ1v) is 12.9. The van der Waals surface area contributed by atoms with E-state index in [0.29, 0.717) is 5.92 Å². The van der Waals surface area contributed by atoms with Crippen molar-refractivity contribution >= 4 is 0 Å². The molecule has 0 aliphatic heterocycles. The highest BCUT2D eigenvalue weighted by Crippen LogP contribution is 2.31. The van der Waals surface area contributed by atoms with Crippen LogP contribution in [0.4, 0.5) is 0 Å². The van der Waals surface area contributed by atoms with Crippen molar-refractivity contribution in [3.05, 3.63) is 35.9 Å². The largest absolute Gasteiger partial charge is 0.412 e. The number of rotatable bonds is 19. The Morgan fingerprint density at radius 2 is 1.00 bits per heavy atom. The first-order valence-electron chi connectivity index (χ1n) is 12.9. The minimum Gasteiger partial charge on any atom is -0.412 e. The molecule has 1 aromatic rings. The maximum atomic E-state index is 6.48. The highest BCUT2D eigenvalue weighted by Gasteiger charge is 2.25. The van der Waals surface area contributed by atoms with E-state index in [-0.39, 0.29) is 11.0 Å². The number of hydrogen-bond donors (Lipinski definition) is 1. The molecule has 0 aliphatic rings. The van der Waals surface area contributed by atoms with E-state index in [9.17, 15) is 0 Å². The van der Waals surface area contributed by atoms with Crippen molar-refractivity contribution in [3.8, 4) is 0 Å². The van der Waals surface area contributed by atoms with E-state index in [1.54, 1.807) is 0 Å². The fourth-order valence-electron chi connectivity index (χ4n) is 4.55. The monoisotopic (exact) mass is 419 g/mol. The molecule has 0 spiro atoms. The van der Waals surface area contributed by atoms with Crippen molar-refractivity contribution in [1.82, 2.24) is 0 Å². The Kier molecular flexibility index (Phi) is 18.3. The summed E-state index contributed by atoms with van der Waals surface area (Å²) in [6.45, 7) is 6.65. The second-order valence-electron chi connectivity index (χ2n) is 9.88. The van der Waals surface area contributed by atoms with Gasteiger partial charge in [-0.15, -0.1) is 0 Å². The van der Waals surface area contributed by atoms with Crippen molar-refractivity contribution in [3.63, 3.8) is 0 Å². The Balaban J connectivity index is 0.00000841. The van der Waals surface area contributed by atoms with Crippen LogP contribution in [0, 0.1) is 0 Å². The first-order chi connectivity index (χ1) is 14.1. The SMILES string of the molecule is CCCCCCCCCCCCCCCCCCC(c1ccccc1)C(C)(C)N.O. The standard InChI is InChI=1S/C28H51N.H2O/c1-4-5-6-7-8-9-10-11-12-13-14-15-16-17-18-22-25-27(28(2,3)29)26-23-20-19-21-24-26;/h19-21,23-24,27H,4-18,22,25,29H2,1-3H3;1H2. The van der Waals surface area contributed by atoms with E-state index in [4.69, 9.17) is 5.73 Å². The number of unbranched alkanes of at least 4 members (excludes halogenated alkanes) is 15. The normalized spacial score (nSPS) is 12.5. The molecule has 1 unspecified atom stereocenters. The summed E-state index contributed by atoms with van der Waals surface area (Å²) in [6, 6.07) is 10.9. The van der Waals surface area contributed by atoms with Crippen molar-refractivity contribution < 1.29 is 5.48 Å². The van der Waals surface area contributed by atoms with Gasteiger partial charge in [0.05, 0.1) is 0 Å². The summed E-state index contributed by atoms with van der Waals surface area (Å²) in [5, 5.41) is 0. The quantitative estimate of drug-likeness (QED) is 0.225. The third-order valence-electron chi connectivity index (χ3n) is 6.45. The van der Waals surface area contributed by atoms with E-state index in [1.807, 2.05) is 0 Å². The van der Waals surface area contributed by atoms with Crippen molar-refractivity contribution in [1.29, 1.82) is 0 Å². The van der Waals surface area contributed by atoms with Gasteiger partial charge >= 0.3 is 0 Å². The molecule has 1 rings (SSSR count). The number of benzene rings is 1. The summed E-state index contributed by atoms with van der Waals surface area (Å²) < 4.78 is 0. The average Bonchev–Trinajstić information content (AvgIpc) is 2.70. The zero-order valence-electron chi connectivity index (χ0n) is 20.6. The molecule has 0 bridgehead atoms. The van der Waals surface area contributed by atoms with Gasteiger partial charge in [-0.05, 0) is 25.8 Å². The molecule has 0 aliphatic carbocycles. The molecular weight excluding hydrogens is 366 g/mol. The van der Waals surface area contributed by atoms with Gasteiger partial charge in [0.1, 0.15) is 0 Å². The summed E-state index contributed by atoms with van der Waals surface area (Å²) in [5.41, 5.74) is 7.74.